The van der Waals surface area contributed by atoms with E-state index >= 15 is 0 Å². The molecule has 0 saturated carbocycles. The lowest BCUT2D eigenvalue weighted by atomic mass is 10.1. The zero-order valence-corrected chi connectivity index (χ0v) is 11.4. The van der Waals surface area contributed by atoms with Crippen molar-refractivity contribution in [2.24, 2.45) is 0 Å². The number of rotatable bonds is 3. The Bertz CT molecular complexity index is 698. The first-order chi connectivity index (χ1) is 9.24. The van der Waals surface area contributed by atoms with Crippen molar-refractivity contribution in [3.05, 3.63) is 59.0 Å². The summed E-state index contributed by atoms with van der Waals surface area (Å²) in [4.78, 5) is 0. The van der Waals surface area contributed by atoms with Gasteiger partial charge in [-0.1, -0.05) is 23.8 Å². The van der Waals surface area contributed by atoms with Gasteiger partial charge >= 0.3 is 0 Å². The normalized spacial score (nSPS) is 10.8. The average Bonchev–Trinajstić information content (AvgIpc) is 2.83. The first-order valence-corrected chi connectivity index (χ1v) is 6.99. The third-order valence-electron chi connectivity index (χ3n) is 3.07. The average molecular weight is 270 g/mol. The molecule has 0 fully saturated rings. The summed E-state index contributed by atoms with van der Waals surface area (Å²) in [7, 11) is 0. The Morgan fingerprint density at radius 1 is 1.11 bits per heavy atom. The van der Waals surface area contributed by atoms with Crippen molar-refractivity contribution in [3.8, 4) is 11.5 Å². The fraction of sp³-hybridized carbons (Fsp3) is 0.125. The lowest BCUT2D eigenvalue weighted by Crippen LogP contribution is -1.94. The predicted molar refractivity (Wildman–Crippen MR) is 79.0 cm³/mol. The van der Waals surface area contributed by atoms with Crippen molar-refractivity contribution < 1.29 is 9.84 Å². The summed E-state index contributed by atoms with van der Waals surface area (Å²) in [6.45, 7) is 2.52. The lowest BCUT2D eigenvalue weighted by molar-refractivity contribution is 0.307. The molecule has 0 saturated heterocycles. The van der Waals surface area contributed by atoms with E-state index in [1.807, 2.05) is 48.7 Å². The fourth-order valence-electron chi connectivity index (χ4n) is 2.04. The third kappa shape index (κ3) is 2.42. The van der Waals surface area contributed by atoms with Gasteiger partial charge in [-0.2, -0.15) is 0 Å². The predicted octanol–water partition coefficient (Wildman–Crippen LogP) is 4.49. The van der Waals surface area contributed by atoms with Crippen LogP contribution < -0.4 is 4.74 Å². The van der Waals surface area contributed by atoms with Crippen molar-refractivity contribution in [1.29, 1.82) is 0 Å². The van der Waals surface area contributed by atoms with Crippen LogP contribution in [0.15, 0.2) is 47.8 Å². The van der Waals surface area contributed by atoms with Crippen LogP contribution in [0.5, 0.6) is 11.5 Å². The first kappa shape index (κ1) is 12.1. The number of fused-ring (bicyclic) bond motifs is 1. The van der Waals surface area contributed by atoms with Crippen LogP contribution in [0.2, 0.25) is 0 Å². The van der Waals surface area contributed by atoms with Gasteiger partial charge in [-0.25, -0.2) is 0 Å². The monoisotopic (exact) mass is 270 g/mol. The van der Waals surface area contributed by atoms with Gasteiger partial charge in [0.25, 0.3) is 0 Å². The number of thiophene rings is 1. The number of phenolic OH excluding ortho intramolecular Hbond substituents is 1. The number of phenols is 1. The fourth-order valence-corrected chi connectivity index (χ4v) is 3.00. The molecule has 2 nitrogen and oxygen atoms in total. The zero-order valence-electron chi connectivity index (χ0n) is 10.6. The van der Waals surface area contributed by atoms with E-state index in [0.717, 1.165) is 21.4 Å². The molecule has 0 aliphatic carbocycles. The molecular formula is C16H14O2S. The van der Waals surface area contributed by atoms with Gasteiger partial charge in [0, 0.05) is 15.6 Å². The molecule has 0 amide bonds. The summed E-state index contributed by atoms with van der Waals surface area (Å²) in [5, 5.41) is 12.9. The Balaban J connectivity index is 1.84. The Labute approximate surface area is 115 Å². The number of aromatic hydroxyl groups is 1. The summed E-state index contributed by atoms with van der Waals surface area (Å²) >= 11 is 1.63. The van der Waals surface area contributed by atoms with E-state index in [-0.39, 0.29) is 0 Å². The van der Waals surface area contributed by atoms with E-state index in [4.69, 9.17) is 4.74 Å². The van der Waals surface area contributed by atoms with E-state index in [0.29, 0.717) is 12.4 Å². The van der Waals surface area contributed by atoms with E-state index in [2.05, 4.69) is 0 Å². The Morgan fingerprint density at radius 2 is 1.89 bits per heavy atom. The molecular weight excluding hydrogens is 256 g/mol. The van der Waals surface area contributed by atoms with E-state index in [9.17, 15) is 5.11 Å². The number of aryl methyl sites for hydroxylation is 1. The maximum atomic E-state index is 9.93. The number of benzene rings is 2. The van der Waals surface area contributed by atoms with Gasteiger partial charge in [0.1, 0.15) is 18.1 Å². The molecule has 96 valence electrons. The van der Waals surface area contributed by atoms with Gasteiger partial charge in [0.2, 0.25) is 0 Å². The second kappa shape index (κ2) is 4.94. The molecule has 3 heteroatoms. The van der Waals surface area contributed by atoms with Crippen LogP contribution in [0.4, 0.5) is 0 Å². The van der Waals surface area contributed by atoms with Gasteiger partial charge in [-0.15, -0.1) is 11.3 Å². The minimum absolute atomic E-state index is 0.321. The standard InChI is InChI=1S/C16H14O2S/c1-11-5-7-13(8-6-11)18-9-12-10-19-15-4-2-3-14(17)16(12)15/h2-8,10,17H,9H2,1H3. The molecule has 3 rings (SSSR count). The number of hydrogen-bond donors (Lipinski definition) is 1. The second-order valence-corrected chi connectivity index (χ2v) is 5.42. The van der Waals surface area contributed by atoms with Crippen molar-refractivity contribution in [3.63, 3.8) is 0 Å². The van der Waals surface area contributed by atoms with Crippen LogP contribution in [-0.2, 0) is 6.61 Å². The van der Waals surface area contributed by atoms with Crippen LogP contribution in [0.1, 0.15) is 11.1 Å². The minimum atomic E-state index is 0.321. The summed E-state index contributed by atoms with van der Waals surface area (Å²) in [5.41, 5.74) is 2.24. The highest BCUT2D eigenvalue weighted by molar-refractivity contribution is 7.17. The number of ether oxygens (including phenoxy) is 1. The Kier molecular flexibility index (Phi) is 3.13. The number of hydrogen-bond acceptors (Lipinski definition) is 3. The highest BCUT2D eigenvalue weighted by Gasteiger charge is 2.08. The van der Waals surface area contributed by atoms with Crippen molar-refractivity contribution in [2.45, 2.75) is 13.5 Å². The van der Waals surface area contributed by atoms with Gasteiger partial charge < -0.3 is 9.84 Å². The molecule has 1 heterocycles. The minimum Gasteiger partial charge on any atom is -0.507 e. The Morgan fingerprint density at radius 3 is 2.68 bits per heavy atom. The van der Waals surface area contributed by atoms with Crippen LogP contribution in [0, 0.1) is 6.92 Å². The maximum absolute atomic E-state index is 9.93. The largest absolute Gasteiger partial charge is 0.507 e. The highest BCUT2D eigenvalue weighted by atomic mass is 32.1. The van der Waals surface area contributed by atoms with Crippen LogP contribution in [0.3, 0.4) is 0 Å². The molecule has 19 heavy (non-hydrogen) atoms. The third-order valence-corrected chi connectivity index (χ3v) is 4.07. The van der Waals surface area contributed by atoms with Gasteiger partial charge in [0.15, 0.2) is 0 Å². The zero-order chi connectivity index (χ0) is 13.2. The topological polar surface area (TPSA) is 29.5 Å². The van der Waals surface area contributed by atoms with Crippen molar-refractivity contribution in [2.75, 3.05) is 0 Å². The molecule has 0 aliphatic rings. The maximum Gasteiger partial charge on any atom is 0.124 e. The molecule has 0 aliphatic heterocycles. The molecule has 0 bridgehead atoms. The van der Waals surface area contributed by atoms with Crippen molar-refractivity contribution in [1.82, 2.24) is 0 Å². The van der Waals surface area contributed by atoms with Crippen molar-refractivity contribution >= 4 is 21.4 Å². The van der Waals surface area contributed by atoms with E-state index < -0.39 is 0 Å². The molecule has 3 aromatic rings. The molecule has 0 atom stereocenters. The van der Waals surface area contributed by atoms with E-state index in [1.54, 1.807) is 17.4 Å². The molecule has 1 aromatic heterocycles. The van der Waals surface area contributed by atoms with Crippen LogP contribution >= 0.6 is 11.3 Å². The smallest absolute Gasteiger partial charge is 0.124 e. The van der Waals surface area contributed by atoms with Gasteiger partial charge in [0.05, 0.1) is 0 Å². The molecule has 0 radical (unpaired) electrons. The molecule has 0 unspecified atom stereocenters. The summed E-state index contributed by atoms with van der Waals surface area (Å²) < 4.78 is 6.85. The highest BCUT2D eigenvalue weighted by Crippen LogP contribution is 2.33. The quantitative estimate of drug-likeness (QED) is 0.759. The van der Waals surface area contributed by atoms with Gasteiger partial charge in [-0.3, -0.25) is 0 Å². The first-order valence-electron chi connectivity index (χ1n) is 6.11. The summed E-state index contributed by atoms with van der Waals surface area (Å²) in [6, 6.07) is 13.6. The Hall–Kier alpha value is -2.00. The molecule has 0 spiro atoms. The summed E-state index contributed by atoms with van der Waals surface area (Å²) in [6.07, 6.45) is 0. The van der Waals surface area contributed by atoms with Gasteiger partial charge in [-0.05, 0) is 36.6 Å². The molecule has 2 aromatic carbocycles. The molecule has 1 N–H and O–H groups in total. The van der Waals surface area contributed by atoms with Crippen LogP contribution in [0.25, 0.3) is 10.1 Å². The summed E-state index contributed by atoms with van der Waals surface area (Å²) in [5.74, 6) is 1.17. The van der Waals surface area contributed by atoms with E-state index in [1.165, 1.54) is 5.56 Å². The lowest BCUT2D eigenvalue weighted by Gasteiger charge is -2.06. The SMILES string of the molecule is Cc1ccc(OCc2csc3cccc(O)c23)cc1. The second-order valence-electron chi connectivity index (χ2n) is 4.51. The van der Waals surface area contributed by atoms with Crippen LogP contribution in [-0.4, -0.2) is 5.11 Å².